The Hall–Kier alpha value is -3.48. The van der Waals surface area contributed by atoms with Crippen molar-refractivity contribution in [3.63, 3.8) is 0 Å². The van der Waals surface area contributed by atoms with E-state index in [1.807, 2.05) is 25.1 Å². The van der Waals surface area contributed by atoms with Gasteiger partial charge in [0.05, 0.1) is 14.2 Å². The molecule has 0 saturated carbocycles. The van der Waals surface area contributed by atoms with Crippen LogP contribution in [0, 0.1) is 6.92 Å². The van der Waals surface area contributed by atoms with Crippen LogP contribution in [0.5, 0.6) is 17.2 Å². The Morgan fingerprint density at radius 1 is 1.11 bits per heavy atom. The van der Waals surface area contributed by atoms with E-state index in [1.165, 1.54) is 20.5 Å². The molecule has 7 nitrogen and oxygen atoms in total. The molecule has 2 aromatic carbocycles. The first-order chi connectivity index (χ1) is 13.1. The lowest BCUT2D eigenvalue weighted by Gasteiger charge is -2.10. The summed E-state index contributed by atoms with van der Waals surface area (Å²) in [4.78, 5) is 12.1. The number of carbonyl (C=O) groups is 1. The summed E-state index contributed by atoms with van der Waals surface area (Å²) in [6.07, 6.45) is 1.54. The Kier molecular flexibility index (Phi) is 4.19. The van der Waals surface area contributed by atoms with E-state index >= 15 is 0 Å². The number of esters is 1. The first-order valence-electron chi connectivity index (χ1n) is 8.24. The standard InChI is InChI=1S/C20H17NO6/c1-11-6-13(8-17-19(11)26-10-25-17)18-15(9-27-21-18)12-4-5-16(23-2)14(7-12)20(22)24-3/h4-9H,10H2,1-3H3. The Morgan fingerprint density at radius 2 is 1.96 bits per heavy atom. The van der Waals surface area contributed by atoms with E-state index in [4.69, 9.17) is 23.5 Å². The minimum absolute atomic E-state index is 0.201. The SMILES string of the molecule is COC(=O)c1cc(-c2conc2-c2cc(C)c3c(c2)OCO3)ccc1OC. The van der Waals surface area contributed by atoms with E-state index in [2.05, 4.69) is 5.16 Å². The number of methoxy groups -OCH3 is 2. The molecule has 0 amide bonds. The zero-order chi connectivity index (χ0) is 19.0. The van der Waals surface area contributed by atoms with Crippen molar-refractivity contribution >= 4 is 5.97 Å². The monoisotopic (exact) mass is 367 g/mol. The van der Waals surface area contributed by atoms with Gasteiger partial charge in [0, 0.05) is 11.1 Å². The van der Waals surface area contributed by atoms with Crippen molar-refractivity contribution in [1.82, 2.24) is 5.16 Å². The number of ether oxygens (including phenoxy) is 4. The Bertz CT molecular complexity index is 1020. The molecule has 0 bridgehead atoms. The molecule has 0 N–H and O–H groups in total. The molecular weight excluding hydrogens is 350 g/mol. The van der Waals surface area contributed by atoms with Crippen LogP contribution in [0.25, 0.3) is 22.4 Å². The molecule has 7 heteroatoms. The minimum atomic E-state index is -0.481. The van der Waals surface area contributed by atoms with Crippen molar-refractivity contribution in [2.75, 3.05) is 21.0 Å². The molecule has 4 rings (SSSR count). The van der Waals surface area contributed by atoms with Crippen LogP contribution in [-0.4, -0.2) is 32.1 Å². The number of carbonyl (C=O) groups excluding carboxylic acids is 1. The second-order valence-electron chi connectivity index (χ2n) is 6.01. The Labute approximate surface area is 155 Å². The zero-order valence-corrected chi connectivity index (χ0v) is 15.1. The van der Waals surface area contributed by atoms with Gasteiger partial charge >= 0.3 is 5.97 Å². The molecule has 1 aliphatic heterocycles. The molecule has 0 fully saturated rings. The summed E-state index contributed by atoms with van der Waals surface area (Å²) in [5.41, 5.74) is 4.22. The predicted molar refractivity (Wildman–Crippen MR) is 96.1 cm³/mol. The van der Waals surface area contributed by atoms with E-state index in [0.717, 1.165) is 28.0 Å². The van der Waals surface area contributed by atoms with Gasteiger partial charge in [0.1, 0.15) is 23.3 Å². The Morgan fingerprint density at radius 3 is 2.74 bits per heavy atom. The average molecular weight is 367 g/mol. The molecule has 0 unspecified atom stereocenters. The third-order valence-electron chi connectivity index (χ3n) is 4.42. The van der Waals surface area contributed by atoms with Crippen molar-refractivity contribution in [1.29, 1.82) is 0 Å². The first-order valence-corrected chi connectivity index (χ1v) is 8.24. The molecular formula is C20H17NO6. The van der Waals surface area contributed by atoms with Crippen LogP contribution in [0.3, 0.4) is 0 Å². The number of aromatic nitrogens is 1. The second kappa shape index (κ2) is 6.68. The third-order valence-corrected chi connectivity index (χ3v) is 4.42. The van der Waals surface area contributed by atoms with Crippen LogP contribution in [0.4, 0.5) is 0 Å². The lowest BCUT2D eigenvalue weighted by Crippen LogP contribution is -2.04. The van der Waals surface area contributed by atoms with Gasteiger partial charge in [-0.3, -0.25) is 0 Å². The van der Waals surface area contributed by atoms with Gasteiger partial charge in [-0.15, -0.1) is 0 Å². The quantitative estimate of drug-likeness (QED) is 0.648. The fourth-order valence-corrected chi connectivity index (χ4v) is 3.12. The van der Waals surface area contributed by atoms with E-state index in [9.17, 15) is 4.79 Å². The largest absolute Gasteiger partial charge is 0.496 e. The summed E-state index contributed by atoms with van der Waals surface area (Å²) in [7, 11) is 2.83. The average Bonchev–Trinajstić information content (AvgIpc) is 3.36. The molecule has 0 atom stereocenters. The van der Waals surface area contributed by atoms with Crippen LogP contribution < -0.4 is 14.2 Å². The van der Waals surface area contributed by atoms with Gasteiger partial charge in [-0.25, -0.2) is 4.79 Å². The first kappa shape index (κ1) is 17.0. The fraction of sp³-hybridized carbons (Fsp3) is 0.200. The lowest BCUT2D eigenvalue weighted by atomic mass is 9.98. The van der Waals surface area contributed by atoms with Crippen molar-refractivity contribution in [3.05, 3.63) is 47.7 Å². The highest BCUT2D eigenvalue weighted by Crippen LogP contribution is 2.41. The van der Waals surface area contributed by atoms with Gasteiger partial charge in [0.25, 0.3) is 0 Å². The summed E-state index contributed by atoms with van der Waals surface area (Å²) >= 11 is 0. The van der Waals surface area contributed by atoms with Crippen molar-refractivity contribution in [3.8, 4) is 39.6 Å². The van der Waals surface area contributed by atoms with Crippen LogP contribution in [0.15, 0.2) is 41.1 Å². The van der Waals surface area contributed by atoms with Crippen LogP contribution in [0.1, 0.15) is 15.9 Å². The molecule has 3 aromatic rings. The van der Waals surface area contributed by atoms with Gasteiger partial charge in [0.15, 0.2) is 11.5 Å². The molecule has 0 aliphatic carbocycles. The van der Waals surface area contributed by atoms with Gasteiger partial charge in [-0.2, -0.15) is 0 Å². The number of fused-ring (bicyclic) bond motifs is 1. The summed E-state index contributed by atoms with van der Waals surface area (Å²) < 4.78 is 26.3. The van der Waals surface area contributed by atoms with Crippen molar-refractivity contribution < 1.29 is 28.3 Å². The molecule has 27 heavy (non-hydrogen) atoms. The van der Waals surface area contributed by atoms with Crippen molar-refractivity contribution in [2.45, 2.75) is 6.92 Å². The van der Waals surface area contributed by atoms with Gasteiger partial charge in [0.2, 0.25) is 6.79 Å². The highest BCUT2D eigenvalue weighted by atomic mass is 16.7. The van der Waals surface area contributed by atoms with E-state index in [0.29, 0.717) is 22.8 Å². The summed E-state index contributed by atoms with van der Waals surface area (Å²) in [6.45, 7) is 2.14. The summed E-state index contributed by atoms with van der Waals surface area (Å²) in [5.74, 6) is 1.36. The zero-order valence-electron chi connectivity index (χ0n) is 15.1. The maximum absolute atomic E-state index is 12.1. The highest BCUT2D eigenvalue weighted by molar-refractivity contribution is 5.95. The Balaban J connectivity index is 1.81. The molecule has 1 aromatic heterocycles. The number of aryl methyl sites for hydroxylation is 1. The normalized spacial score (nSPS) is 12.1. The number of hydrogen-bond acceptors (Lipinski definition) is 7. The van der Waals surface area contributed by atoms with Gasteiger partial charge < -0.3 is 23.5 Å². The lowest BCUT2D eigenvalue weighted by molar-refractivity contribution is 0.0597. The molecule has 138 valence electrons. The van der Waals surface area contributed by atoms with E-state index in [1.54, 1.807) is 12.1 Å². The predicted octanol–water partition coefficient (Wildman–Crippen LogP) is 3.84. The fourth-order valence-electron chi connectivity index (χ4n) is 3.12. The van der Waals surface area contributed by atoms with Crippen LogP contribution >= 0.6 is 0 Å². The van der Waals surface area contributed by atoms with E-state index in [-0.39, 0.29) is 6.79 Å². The van der Waals surface area contributed by atoms with Gasteiger partial charge in [-0.1, -0.05) is 11.2 Å². The highest BCUT2D eigenvalue weighted by Gasteiger charge is 2.22. The maximum Gasteiger partial charge on any atom is 0.341 e. The van der Waals surface area contributed by atoms with Crippen molar-refractivity contribution in [2.24, 2.45) is 0 Å². The third kappa shape index (κ3) is 2.87. The number of rotatable bonds is 4. The van der Waals surface area contributed by atoms with Crippen LogP contribution in [-0.2, 0) is 4.74 Å². The number of hydrogen-bond donors (Lipinski definition) is 0. The molecule has 1 aliphatic rings. The molecule has 0 saturated heterocycles. The van der Waals surface area contributed by atoms with E-state index < -0.39 is 5.97 Å². The topological polar surface area (TPSA) is 80.0 Å². The minimum Gasteiger partial charge on any atom is -0.496 e. The molecule has 0 radical (unpaired) electrons. The number of benzene rings is 2. The smallest absolute Gasteiger partial charge is 0.341 e. The summed E-state index contributed by atoms with van der Waals surface area (Å²) in [5, 5.41) is 4.15. The second-order valence-corrected chi connectivity index (χ2v) is 6.01. The van der Waals surface area contributed by atoms with Crippen LogP contribution in [0.2, 0.25) is 0 Å². The molecule has 2 heterocycles. The number of nitrogens with zero attached hydrogens (tertiary/aromatic N) is 1. The maximum atomic E-state index is 12.1. The molecule has 0 spiro atoms. The van der Waals surface area contributed by atoms with Gasteiger partial charge in [-0.05, 0) is 42.3 Å². The summed E-state index contributed by atoms with van der Waals surface area (Å²) in [6, 6.07) is 9.06.